The van der Waals surface area contributed by atoms with Crippen molar-refractivity contribution < 1.29 is 48.7 Å². The summed E-state index contributed by atoms with van der Waals surface area (Å²) in [6, 6.07) is 14.9. The lowest BCUT2D eigenvalue weighted by Gasteiger charge is -2.42. The van der Waals surface area contributed by atoms with Crippen LogP contribution >= 0.6 is 0 Å². The van der Waals surface area contributed by atoms with E-state index in [1.807, 2.05) is 35.2 Å². The van der Waals surface area contributed by atoms with Gasteiger partial charge >= 0.3 is 0 Å². The van der Waals surface area contributed by atoms with Crippen LogP contribution in [0.5, 0.6) is 11.5 Å². The lowest BCUT2D eigenvalue weighted by atomic mass is 9.79. The highest BCUT2D eigenvalue weighted by Gasteiger charge is 2.49. The molecule has 304 valence electrons. The Bertz CT molecular complexity index is 2210. The van der Waals surface area contributed by atoms with E-state index in [0.29, 0.717) is 24.4 Å². The Labute approximate surface area is 332 Å². The third-order valence-corrected chi connectivity index (χ3v) is 11.7. The molecule has 3 aromatic rings. The van der Waals surface area contributed by atoms with Gasteiger partial charge in [-0.05, 0) is 42.2 Å². The van der Waals surface area contributed by atoms with Gasteiger partial charge in [-0.3, -0.25) is 30.8 Å². The van der Waals surface area contributed by atoms with E-state index >= 15 is 0 Å². The minimum atomic E-state index is -1.51. The van der Waals surface area contributed by atoms with E-state index in [0.717, 1.165) is 16.8 Å². The molecule has 2 bridgehead atoms. The van der Waals surface area contributed by atoms with Gasteiger partial charge in [0.25, 0.3) is 0 Å². The Hall–Kier alpha value is -5.37. The average molecular weight is 796 g/mol. The first-order valence-electron chi connectivity index (χ1n) is 19.4. The van der Waals surface area contributed by atoms with E-state index in [4.69, 9.17) is 30.4 Å². The fourth-order valence-corrected chi connectivity index (χ4v) is 8.79. The number of hydrogen-bond acceptors (Lipinski definition) is 16. The number of ketones is 2. The van der Waals surface area contributed by atoms with Gasteiger partial charge in [0.05, 0.1) is 31.3 Å². The Morgan fingerprint density at radius 1 is 0.966 bits per heavy atom. The van der Waals surface area contributed by atoms with E-state index in [1.54, 1.807) is 30.3 Å². The summed E-state index contributed by atoms with van der Waals surface area (Å²) in [5.74, 6) is -2.16. The van der Waals surface area contributed by atoms with E-state index < -0.39 is 72.4 Å². The summed E-state index contributed by atoms with van der Waals surface area (Å²) in [6.45, 7) is 0.900. The standard InChI is InChI=1S/C41H45N7O10/c42-28-15-19(9-12-44-28)10-14-56-37-35(53)33(51)27-17-55-13-11-20(21-5-3-4-8-26(21)48-18-45-30-38(48)46-41(43)47-39(30)54)24-16-25-29(34(52)36(24)58-40(37)57-27)32(50)23-7-2-1-6-22(23)31(25)49/h1-9,15-16,20,27,30,33,35,37-38,40-41,44-46,51-53H,10-14,17-18,42-43H2,(H,47,54). The molecule has 9 rings (SSSR count). The Kier molecular flexibility index (Phi) is 10.1. The number of fused-ring (bicyclic) bond motifs is 6. The number of amides is 1. The van der Waals surface area contributed by atoms with Gasteiger partial charge in [-0.15, -0.1) is 0 Å². The predicted molar refractivity (Wildman–Crippen MR) is 206 cm³/mol. The van der Waals surface area contributed by atoms with Crippen LogP contribution in [0.2, 0.25) is 0 Å². The number of ether oxygens (including phenoxy) is 4. The molecule has 9 atom stereocenters. The number of carbonyl (C=O) groups excluding carboxylic acids is 3. The minimum Gasteiger partial charge on any atom is -0.504 e. The van der Waals surface area contributed by atoms with Crippen LogP contribution in [0.1, 0.15) is 61.7 Å². The SMILES string of the molecule is NC1=CC(CCOC2C3Oc4c(cc5c(c4O)C(=O)c4ccccc4C5=O)C(c4ccccc4N4CNC5C(=O)NC(N)NC54)CCOCC(O3)C(O)C2O)=CCN1. The van der Waals surface area contributed by atoms with Gasteiger partial charge < -0.3 is 55.5 Å². The number of nitrogens with two attached hydrogens (primary N) is 2. The van der Waals surface area contributed by atoms with E-state index in [2.05, 4.69) is 21.3 Å². The van der Waals surface area contributed by atoms with Crippen molar-refractivity contribution in [3.05, 3.63) is 112 Å². The van der Waals surface area contributed by atoms with Crippen molar-refractivity contribution in [1.82, 2.24) is 21.3 Å². The molecule has 17 heteroatoms. The van der Waals surface area contributed by atoms with Crippen LogP contribution in [0.15, 0.2) is 78.1 Å². The zero-order valence-corrected chi connectivity index (χ0v) is 31.3. The maximum absolute atomic E-state index is 14.2. The molecule has 0 aromatic heterocycles. The van der Waals surface area contributed by atoms with Crippen LogP contribution in [0.4, 0.5) is 5.69 Å². The first-order valence-corrected chi connectivity index (χ1v) is 19.4. The van der Waals surface area contributed by atoms with Gasteiger partial charge in [-0.25, -0.2) is 0 Å². The molecule has 3 aromatic carbocycles. The normalized spacial score (nSPS) is 30.6. The summed E-state index contributed by atoms with van der Waals surface area (Å²) in [5, 5.41) is 47.3. The molecule has 0 spiro atoms. The number of phenols is 1. The van der Waals surface area contributed by atoms with Crippen molar-refractivity contribution in [3.8, 4) is 11.5 Å². The van der Waals surface area contributed by atoms with Crippen molar-refractivity contribution in [2.24, 2.45) is 11.5 Å². The number of rotatable bonds is 6. The smallest absolute Gasteiger partial charge is 0.242 e. The summed E-state index contributed by atoms with van der Waals surface area (Å²) in [4.78, 5) is 43.3. The molecule has 3 fully saturated rings. The minimum absolute atomic E-state index is 0.00501. The molecule has 0 saturated carbocycles. The lowest BCUT2D eigenvalue weighted by molar-refractivity contribution is -0.289. The van der Waals surface area contributed by atoms with E-state index in [-0.39, 0.29) is 66.8 Å². The summed E-state index contributed by atoms with van der Waals surface area (Å²) >= 11 is 0. The fraction of sp³-hybridized carbons (Fsp3) is 0.390. The first-order chi connectivity index (χ1) is 28.1. The van der Waals surface area contributed by atoms with E-state index in [9.17, 15) is 29.7 Å². The Morgan fingerprint density at radius 2 is 1.74 bits per heavy atom. The highest BCUT2D eigenvalue weighted by molar-refractivity contribution is 6.29. The number of benzene rings is 3. The number of para-hydroxylation sites is 1. The summed E-state index contributed by atoms with van der Waals surface area (Å²) in [5.41, 5.74) is 14.9. The third kappa shape index (κ3) is 6.68. The van der Waals surface area contributed by atoms with Gasteiger partial charge in [-0.1, -0.05) is 48.5 Å². The summed E-state index contributed by atoms with van der Waals surface area (Å²) < 4.78 is 25.3. The van der Waals surface area contributed by atoms with Crippen LogP contribution < -0.4 is 42.4 Å². The van der Waals surface area contributed by atoms with Gasteiger partial charge in [0.1, 0.15) is 42.9 Å². The number of allylic oxidation sites excluding steroid dienone is 1. The van der Waals surface area contributed by atoms with Crippen LogP contribution in [-0.2, 0) is 19.0 Å². The lowest BCUT2D eigenvalue weighted by Crippen LogP contribution is -2.70. The van der Waals surface area contributed by atoms with E-state index in [1.165, 1.54) is 6.07 Å². The molecule has 58 heavy (non-hydrogen) atoms. The number of nitrogens with one attached hydrogen (secondary N) is 4. The first kappa shape index (κ1) is 38.2. The third-order valence-electron chi connectivity index (χ3n) is 11.7. The molecule has 6 aliphatic rings. The Morgan fingerprint density at radius 3 is 2.55 bits per heavy atom. The molecule has 5 aliphatic heterocycles. The second-order valence-corrected chi connectivity index (χ2v) is 15.1. The molecule has 1 aliphatic carbocycles. The van der Waals surface area contributed by atoms with Gasteiger partial charge in [-0.2, -0.15) is 0 Å². The zero-order valence-electron chi connectivity index (χ0n) is 31.3. The summed E-state index contributed by atoms with van der Waals surface area (Å²) in [6.07, 6.45) is -3.58. The number of carbonyl (C=O) groups is 3. The van der Waals surface area contributed by atoms with Crippen molar-refractivity contribution in [2.75, 3.05) is 37.9 Å². The predicted octanol–water partition coefficient (Wildman–Crippen LogP) is -0.326. The second-order valence-electron chi connectivity index (χ2n) is 15.1. The van der Waals surface area contributed by atoms with Crippen molar-refractivity contribution in [3.63, 3.8) is 0 Å². The number of nitrogens with zero attached hydrogens (tertiary/aromatic N) is 1. The van der Waals surface area contributed by atoms with Crippen molar-refractivity contribution in [1.29, 1.82) is 0 Å². The fourth-order valence-electron chi connectivity index (χ4n) is 8.79. The molecule has 11 N–H and O–H groups in total. The number of anilines is 1. The molecule has 9 unspecified atom stereocenters. The molecular formula is C41H45N7O10. The topological polar surface area (TPSA) is 252 Å². The second kappa shape index (κ2) is 15.4. The van der Waals surface area contributed by atoms with Crippen LogP contribution in [-0.4, -0.2) is 115 Å². The number of phenolic OH excluding ortho intramolecular Hbond substituents is 1. The molecule has 1 amide bonds. The molecular weight excluding hydrogens is 750 g/mol. The van der Waals surface area contributed by atoms with Crippen molar-refractivity contribution in [2.45, 2.75) is 68.0 Å². The van der Waals surface area contributed by atoms with Gasteiger partial charge in [0.15, 0.2) is 23.1 Å². The highest BCUT2D eigenvalue weighted by Crippen LogP contribution is 2.49. The number of aromatic hydroxyl groups is 1. The molecule has 17 nitrogen and oxygen atoms in total. The quantitative estimate of drug-likeness (QED) is 0.121. The monoisotopic (exact) mass is 795 g/mol. The number of dihydropyridines is 1. The highest BCUT2D eigenvalue weighted by atomic mass is 16.7. The van der Waals surface area contributed by atoms with Crippen molar-refractivity contribution >= 4 is 23.2 Å². The van der Waals surface area contributed by atoms with Gasteiger partial charge in [0, 0.05) is 47.0 Å². The zero-order chi connectivity index (χ0) is 40.2. The molecule has 0 radical (unpaired) electrons. The number of hydrogen-bond donors (Lipinski definition) is 9. The maximum atomic E-state index is 14.2. The number of aliphatic hydroxyl groups excluding tert-OH is 2. The molecule has 3 saturated heterocycles. The average Bonchev–Trinajstić information content (AvgIpc) is 3.63. The maximum Gasteiger partial charge on any atom is 0.242 e. The largest absolute Gasteiger partial charge is 0.504 e. The Balaban J connectivity index is 1.16. The number of aliphatic hydroxyl groups is 2. The molecule has 5 heterocycles. The van der Waals surface area contributed by atoms with Crippen LogP contribution in [0.25, 0.3) is 0 Å². The van der Waals surface area contributed by atoms with Crippen LogP contribution in [0.3, 0.4) is 0 Å². The van der Waals surface area contributed by atoms with Crippen LogP contribution in [0, 0.1) is 0 Å². The van der Waals surface area contributed by atoms with Gasteiger partial charge in [0.2, 0.25) is 12.2 Å². The summed E-state index contributed by atoms with van der Waals surface area (Å²) in [7, 11) is 0.